The SMILES string of the molecule is O=CC1CCC(CCOCc2ccccc2)CC1. The van der Waals surface area contributed by atoms with E-state index in [-0.39, 0.29) is 0 Å². The van der Waals surface area contributed by atoms with Crippen LogP contribution in [-0.4, -0.2) is 12.9 Å². The molecule has 1 aliphatic carbocycles. The van der Waals surface area contributed by atoms with Crippen molar-refractivity contribution in [1.82, 2.24) is 0 Å². The van der Waals surface area contributed by atoms with E-state index >= 15 is 0 Å². The molecule has 1 saturated carbocycles. The van der Waals surface area contributed by atoms with Crippen molar-refractivity contribution < 1.29 is 9.53 Å². The molecule has 0 N–H and O–H groups in total. The Labute approximate surface area is 109 Å². The molecule has 0 unspecified atom stereocenters. The van der Waals surface area contributed by atoms with Gasteiger partial charge < -0.3 is 9.53 Å². The second-order valence-electron chi connectivity index (χ2n) is 5.24. The molecule has 0 spiro atoms. The van der Waals surface area contributed by atoms with Gasteiger partial charge in [-0.2, -0.15) is 0 Å². The van der Waals surface area contributed by atoms with Gasteiger partial charge in [0.2, 0.25) is 0 Å². The molecular weight excluding hydrogens is 224 g/mol. The minimum Gasteiger partial charge on any atom is -0.377 e. The Morgan fingerprint density at radius 2 is 1.83 bits per heavy atom. The minimum atomic E-state index is 0.325. The lowest BCUT2D eigenvalue weighted by molar-refractivity contribution is -0.112. The summed E-state index contributed by atoms with van der Waals surface area (Å²) in [6.45, 7) is 1.55. The number of carbonyl (C=O) groups is 1. The van der Waals surface area contributed by atoms with E-state index in [0.29, 0.717) is 12.5 Å². The molecule has 0 amide bonds. The number of rotatable bonds is 6. The fourth-order valence-electron chi connectivity index (χ4n) is 2.63. The lowest BCUT2D eigenvalue weighted by Crippen LogP contribution is -2.16. The van der Waals surface area contributed by atoms with Gasteiger partial charge >= 0.3 is 0 Å². The molecule has 2 heteroatoms. The van der Waals surface area contributed by atoms with Gasteiger partial charge in [-0.1, -0.05) is 30.3 Å². The molecular formula is C16H22O2. The molecule has 1 aliphatic rings. The Morgan fingerprint density at radius 1 is 1.11 bits per heavy atom. The first-order valence-corrected chi connectivity index (χ1v) is 6.95. The van der Waals surface area contributed by atoms with Crippen molar-refractivity contribution >= 4 is 6.29 Å². The van der Waals surface area contributed by atoms with Crippen molar-refractivity contribution in [3.63, 3.8) is 0 Å². The van der Waals surface area contributed by atoms with Crippen molar-refractivity contribution in [2.75, 3.05) is 6.61 Å². The Morgan fingerprint density at radius 3 is 2.50 bits per heavy atom. The van der Waals surface area contributed by atoms with E-state index in [0.717, 1.165) is 38.1 Å². The van der Waals surface area contributed by atoms with Crippen LogP contribution in [0.15, 0.2) is 30.3 Å². The smallest absolute Gasteiger partial charge is 0.123 e. The summed E-state index contributed by atoms with van der Waals surface area (Å²) >= 11 is 0. The number of ether oxygens (including phenoxy) is 1. The summed E-state index contributed by atoms with van der Waals surface area (Å²) in [5, 5.41) is 0. The molecule has 18 heavy (non-hydrogen) atoms. The molecule has 2 rings (SSSR count). The molecule has 0 atom stereocenters. The average Bonchev–Trinajstić information content (AvgIpc) is 2.45. The maximum atomic E-state index is 10.7. The number of hydrogen-bond donors (Lipinski definition) is 0. The number of carbonyl (C=O) groups excluding carboxylic acids is 1. The van der Waals surface area contributed by atoms with Gasteiger partial charge in [-0.05, 0) is 43.6 Å². The van der Waals surface area contributed by atoms with Gasteiger partial charge in [0.05, 0.1) is 6.61 Å². The number of benzene rings is 1. The van der Waals surface area contributed by atoms with Gasteiger partial charge in [0.1, 0.15) is 6.29 Å². The van der Waals surface area contributed by atoms with Crippen molar-refractivity contribution in [2.45, 2.75) is 38.7 Å². The summed E-state index contributed by atoms with van der Waals surface area (Å²) in [6, 6.07) is 10.3. The van der Waals surface area contributed by atoms with Crippen molar-refractivity contribution in [3.8, 4) is 0 Å². The quantitative estimate of drug-likeness (QED) is 0.566. The first kappa shape index (κ1) is 13.3. The lowest BCUT2D eigenvalue weighted by Gasteiger charge is -2.25. The van der Waals surface area contributed by atoms with Crippen molar-refractivity contribution in [3.05, 3.63) is 35.9 Å². The largest absolute Gasteiger partial charge is 0.377 e. The Kier molecular flexibility index (Phi) is 5.40. The molecule has 0 radical (unpaired) electrons. The van der Waals surface area contributed by atoms with Crippen LogP contribution in [-0.2, 0) is 16.1 Å². The zero-order chi connectivity index (χ0) is 12.6. The normalized spacial score (nSPS) is 23.8. The van der Waals surface area contributed by atoms with Crippen LogP contribution in [0.4, 0.5) is 0 Å². The Balaban J connectivity index is 1.58. The van der Waals surface area contributed by atoms with Crippen LogP contribution >= 0.6 is 0 Å². The van der Waals surface area contributed by atoms with Crippen LogP contribution in [0.5, 0.6) is 0 Å². The van der Waals surface area contributed by atoms with Gasteiger partial charge in [0.15, 0.2) is 0 Å². The van der Waals surface area contributed by atoms with Crippen LogP contribution in [0, 0.1) is 11.8 Å². The molecule has 0 aromatic heterocycles. The fraction of sp³-hybridized carbons (Fsp3) is 0.562. The third-order valence-electron chi connectivity index (χ3n) is 3.87. The second-order valence-corrected chi connectivity index (χ2v) is 5.24. The lowest BCUT2D eigenvalue weighted by atomic mass is 9.81. The molecule has 0 bridgehead atoms. The number of hydrogen-bond acceptors (Lipinski definition) is 2. The third kappa shape index (κ3) is 4.26. The molecule has 0 aliphatic heterocycles. The summed E-state index contributed by atoms with van der Waals surface area (Å²) < 4.78 is 5.71. The number of aldehydes is 1. The van der Waals surface area contributed by atoms with Gasteiger partial charge in [0, 0.05) is 12.5 Å². The van der Waals surface area contributed by atoms with Crippen LogP contribution in [0.25, 0.3) is 0 Å². The summed E-state index contributed by atoms with van der Waals surface area (Å²) in [6.07, 6.45) is 6.80. The van der Waals surface area contributed by atoms with E-state index in [2.05, 4.69) is 12.1 Å². The van der Waals surface area contributed by atoms with Crippen LogP contribution < -0.4 is 0 Å². The third-order valence-corrected chi connectivity index (χ3v) is 3.87. The highest BCUT2D eigenvalue weighted by Gasteiger charge is 2.20. The van der Waals surface area contributed by atoms with E-state index in [1.807, 2.05) is 18.2 Å². The molecule has 1 aromatic rings. The second kappa shape index (κ2) is 7.32. The standard InChI is InChI=1S/C16H22O2/c17-12-15-8-6-14(7-9-15)10-11-18-13-16-4-2-1-3-5-16/h1-5,12,14-15H,6-11,13H2. The van der Waals surface area contributed by atoms with E-state index in [9.17, 15) is 4.79 Å². The monoisotopic (exact) mass is 246 g/mol. The molecule has 1 fully saturated rings. The van der Waals surface area contributed by atoms with Crippen molar-refractivity contribution in [2.24, 2.45) is 11.8 Å². The summed E-state index contributed by atoms with van der Waals surface area (Å²) in [7, 11) is 0. The summed E-state index contributed by atoms with van der Waals surface area (Å²) in [5.41, 5.74) is 1.24. The van der Waals surface area contributed by atoms with E-state index in [1.165, 1.54) is 18.4 Å². The topological polar surface area (TPSA) is 26.3 Å². The first-order chi connectivity index (χ1) is 8.88. The highest BCUT2D eigenvalue weighted by Crippen LogP contribution is 2.29. The molecule has 0 saturated heterocycles. The zero-order valence-corrected chi connectivity index (χ0v) is 10.9. The van der Waals surface area contributed by atoms with E-state index in [1.54, 1.807) is 0 Å². The molecule has 0 heterocycles. The highest BCUT2D eigenvalue weighted by molar-refractivity contribution is 5.53. The fourth-order valence-corrected chi connectivity index (χ4v) is 2.63. The molecule has 1 aromatic carbocycles. The van der Waals surface area contributed by atoms with Crippen LogP contribution in [0.2, 0.25) is 0 Å². The maximum absolute atomic E-state index is 10.7. The minimum absolute atomic E-state index is 0.325. The first-order valence-electron chi connectivity index (χ1n) is 6.95. The van der Waals surface area contributed by atoms with Gasteiger partial charge in [-0.3, -0.25) is 0 Å². The van der Waals surface area contributed by atoms with Crippen molar-refractivity contribution in [1.29, 1.82) is 0 Å². The summed E-state index contributed by atoms with van der Waals surface area (Å²) in [4.78, 5) is 10.7. The predicted octanol–water partition coefficient (Wildman–Crippen LogP) is 3.60. The van der Waals surface area contributed by atoms with Crippen LogP contribution in [0.3, 0.4) is 0 Å². The van der Waals surface area contributed by atoms with Gasteiger partial charge in [-0.15, -0.1) is 0 Å². The molecule has 2 nitrogen and oxygen atoms in total. The zero-order valence-electron chi connectivity index (χ0n) is 10.9. The predicted molar refractivity (Wildman–Crippen MR) is 72.2 cm³/mol. The van der Waals surface area contributed by atoms with Gasteiger partial charge in [0.25, 0.3) is 0 Å². The van der Waals surface area contributed by atoms with E-state index < -0.39 is 0 Å². The Hall–Kier alpha value is -1.15. The molecule has 98 valence electrons. The van der Waals surface area contributed by atoms with Crippen LogP contribution in [0.1, 0.15) is 37.7 Å². The summed E-state index contributed by atoms with van der Waals surface area (Å²) in [5.74, 6) is 1.09. The highest BCUT2D eigenvalue weighted by atomic mass is 16.5. The van der Waals surface area contributed by atoms with E-state index in [4.69, 9.17) is 4.74 Å². The average molecular weight is 246 g/mol. The maximum Gasteiger partial charge on any atom is 0.123 e. The Bertz CT molecular complexity index is 339. The van der Waals surface area contributed by atoms with Gasteiger partial charge in [-0.25, -0.2) is 0 Å².